The first kappa shape index (κ1) is 26.7. The molecular formula is C20H25Cl2F2N5O2. The van der Waals surface area contributed by atoms with E-state index in [-0.39, 0.29) is 30.9 Å². The Bertz CT molecular complexity index is 871. The van der Waals surface area contributed by atoms with Crippen LogP contribution in [0.3, 0.4) is 0 Å². The highest BCUT2D eigenvalue weighted by molar-refractivity contribution is 5.90. The van der Waals surface area contributed by atoms with E-state index in [0.717, 1.165) is 44.1 Å². The zero-order valence-corrected chi connectivity index (χ0v) is 18.3. The molecule has 3 N–H and O–H groups in total. The van der Waals surface area contributed by atoms with E-state index in [2.05, 4.69) is 20.2 Å². The molecule has 1 amide bonds. The molecule has 170 valence electrons. The van der Waals surface area contributed by atoms with Gasteiger partial charge in [-0.25, -0.2) is 19.2 Å². The highest BCUT2D eigenvalue weighted by atomic mass is 35.5. The van der Waals surface area contributed by atoms with Gasteiger partial charge in [0.25, 0.3) is 5.91 Å². The molecule has 0 radical (unpaired) electrons. The molecule has 1 fully saturated rings. The lowest BCUT2D eigenvalue weighted by Gasteiger charge is -2.33. The van der Waals surface area contributed by atoms with Gasteiger partial charge in [-0.2, -0.15) is 0 Å². The number of amides is 1. The van der Waals surface area contributed by atoms with Crippen molar-refractivity contribution in [2.45, 2.75) is 25.3 Å². The maximum Gasteiger partial charge on any atom is 0.267 e. The first-order chi connectivity index (χ1) is 14.0. The summed E-state index contributed by atoms with van der Waals surface area (Å²) in [5.74, 6) is -1.63. The fourth-order valence-electron chi connectivity index (χ4n) is 3.26. The van der Waals surface area contributed by atoms with Crippen molar-refractivity contribution in [3.05, 3.63) is 59.6 Å². The van der Waals surface area contributed by atoms with Gasteiger partial charge in [-0.05, 0) is 49.6 Å². The summed E-state index contributed by atoms with van der Waals surface area (Å²) in [6, 6.07) is 4.25. The van der Waals surface area contributed by atoms with Gasteiger partial charge in [0, 0.05) is 25.2 Å². The van der Waals surface area contributed by atoms with E-state index < -0.39 is 17.5 Å². The third-order valence-electron chi connectivity index (χ3n) is 4.75. The van der Waals surface area contributed by atoms with Crippen molar-refractivity contribution in [3.8, 4) is 0 Å². The predicted molar refractivity (Wildman–Crippen MR) is 119 cm³/mol. The van der Waals surface area contributed by atoms with Crippen LogP contribution in [-0.2, 0) is 11.2 Å². The number of benzene rings is 1. The second-order valence-electron chi connectivity index (χ2n) is 6.92. The second-order valence-corrected chi connectivity index (χ2v) is 6.92. The lowest BCUT2D eigenvalue weighted by Crippen LogP contribution is -2.43. The molecule has 1 atom stereocenters. The minimum Gasteiger partial charge on any atom is -0.365 e. The molecular weight excluding hydrogens is 451 g/mol. The van der Waals surface area contributed by atoms with Crippen LogP contribution in [0.25, 0.3) is 6.08 Å². The number of halogens is 4. The molecule has 1 aromatic heterocycles. The number of nitrogens with zero attached hydrogens (tertiary/aromatic N) is 3. The second kappa shape index (κ2) is 13.2. The van der Waals surface area contributed by atoms with Crippen molar-refractivity contribution in [3.63, 3.8) is 0 Å². The topological polar surface area (TPSA) is 90.4 Å². The van der Waals surface area contributed by atoms with Crippen LogP contribution in [0.1, 0.15) is 24.1 Å². The first-order valence-electron chi connectivity index (χ1n) is 9.40. The largest absolute Gasteiger partial charge is 0.365 e. The third-order valence-corrected chi connectivity index (χ3v) is 4.75. The number of carbonyl (C=O) groups is 1. The Hall–Kier alpha value is -2.33. The van der Waals surface area contributed by atoms with E-state index in [1.807, 2.05) is 0 Å². The molecule has 1 aliphatic rings. The maximum absolute atomic E-state index is 13.3. The van der Waals surface area contributed by atoms with Crippen molar-refractivity contribution < 1.29 is 18.8 Å². The number of anilines is 1. The Morgan fingerprint density at radius 2 is 2.03 bits per heavy atom. The van der Waals surface area contributed by atoms with Crippen LogP contribution in [0.4, 0.5) is 14.6 Å². The fourth-order valence-corrected chi connectivity index (χ4v) is 3.26. The van der Waals surface area contributed by atoms with E-state index in [1.165, 1.54) is 29.9 Å². The third kappa shape index (κ3) is 8.37. The Kier molecular flexibility index (Phi) is 11.3. The van der Waals surface area contributed by atoms with E-state index in [9.17, 15) is 13.6 Å². The van der Waals surface area contributed by atoms with E-state index in [1.54, 1.807) is 12.3 Å². The van der Waals surface area contributed by atoms with Crippen LogP contribution in [0.2, 0.25) is 0 Å². The van der Waals surface area contributed by atoms with Gasteiger partial charge in [0.1, 0.15) is 5.82 Å². The highest BCUT2D eigenvalue weighted by Crippen LogP contribution is 2.16. The number of rotatable bonds is 7. The van der Waals surface area contributed by atoms with Gasteiger partial charge < -0.3 is 10.2 Å². The van der Waals surface area contributed by atoms with Gasteiger partial charge in [-0.3, -0.25) is 15.0 Å². The summed E-state index contributed by atoms with van der Waals surface area (Å²) in [5, 5.41) is 11.8. The SMILES string of the molecule is Cl.Cl.O=C(C=Cc1cnc(N[C@@H]2CCCN(CCc3ccc(F)c(F)c3)C2)cn1)NO. The molecule has 1 saturated heterocycles. The normalized spacial score (nSPS) is 16.3. The molecule has 3 rings (SSSR count). The molecule has 1 aromatic carbocycles. The van der Waals surface area contributed by atoms with Gasteiger partial charge in [0.15, 0.2) is 11.6 Å². The van der Waals surface area contributed by atoms with E-state index in [0.29, 0.717) is 17.9 Å². The zero-order valence-electron chi connectivity index (χ0n) is 16.6. The van der Waals surface area contributed by atoms with Crippen LogP contribution in [0.5, 0.6) is 0 Å². The number of aromatic nitrogens is 2. The van der Waals surface area contributed by atoms with Crippen LogP contribution in [-0.4, -0.2) is 51.7 Å². The number of hydrogen-bond acceptors (Lipinski definition) is 6. The van der Waals surface area contributed by atoms with Crippen LogP contribution < -0.4 is 10.8 Å². The van der Waals surface area contributed by atoms with Gasteiger partial charge in [0.05, 0.1) is 18.1 Å². The average Bonchev–Trinajstić information content (AvgIpc) is 2.74. The van der Waals surface area contributed by atoms with Crippen molar-refractivity contribution in [2.24, 2.45) is 0 Å². The summed E-state index contributed by atoms with van der Waals surface area (Å²) in [6.45, 7) is 2.56. The number of piperidine rings is 1. The number of carbonyl (C=O) groups excluding carboxylic acids is 1. The standard InChI is InChI=1S/C20H23F2N5O2.2ClH/c21-17-5-3-14(10-18(17)22)7-9-27-8-1-2-16(13-27)25-19-12-23-15(11-24-19)4-6-20(28)26-29;;/h3-6,10-12,16,29H,1-2,7-9,13H2,(H,24,25)(H,26,28);2*1H/t16-;;/m1../s1. The molecule has 0 unspecified atom stereocenters. The summed E-state index contributed by atoms with van der Waals surface area (Å²) in [7, 11) is 0. The van der Waals surface area contributed by atoms with Gasteiger partial charge in [-0.1, -0.05) is 6.07 Å². The van der Waals surface area contributed by atoms with Crippen molar-refractivity contribution in [1.29, 1.82) is 0 Å². The molecule has 7 nitrogen and oxygen atoms in total. The molecule has 11 heteroatoms. The Morgan fingerprint density at radius 1 is 1.23 bits per heavy atom. The lowest BCUT2D eigenvalue weighted by molar-refractivity contribution is -0.124. The van der Waals surface area contributed by atoms with E-state index in [4.69, 9.17) is 5.21 Å². The molecule has 0 saturated carbocycles. The summed E-state index contributed by atoms with van der Waals surface area (Å²) >= 11 is 0. The molecule has 0 spiro atoms. The summed E-state index contributed by atoms with van der Waals surface area (Å²) in [4.78, 5) is 21.8. The molecule has 31 heavy (non-hydrogen) atoms. The van der Waals surface area contributed by atoms with Crippen molar-refractivity contribution in [2.75, 3.05) is 25.0 Å². The van der Waals surface area contributed by atoms with Gasteiger partial charge >= 0.3 is 0 Å². The van der Waals surface area contributed by atoms with Gasteiger partial charge in [-0.15, -0.1) is 24.8 Å². The van der Waals surface area contributed by atoms with Crippen LogP contribution in [0.15, 0.2) is 36.7 Å². The van der Waals surface area contributed by atoms with Crippen LogP contribution in [0, 0.1) is 11.6 Å². The number of nitrogens with one attached hydrogen (secondary N) is 2. The smallest absolute Gasteiger partial charge is 0.267 e. The zero-order chi connectivity index (χ0) is 20.6. The van der Waals surface area contributed by atoms with Crippen molar-refractivity contribution >= 4 is 42.6 Å². The summed E-state index contributed by atoms with van der Waals surface area (Å²) < 4.78 is 26.4. The van der Waals surface area contributed by atoms with E-state index >= 15 is 0 Å². The maximum atomic E-state index is 13.3. The minimum absolute atomic E-state index is 0. The number of hydrogen-bond donors (Lipinski definition) is 3. The molecule has 2 heterocycles. The molecule has 0 bridgehead atoms. The van der Waals surface area contributed by atoms with Crippen molar-refractivity contribution in [1.82, 2.24) is 20.3 Å². The minimum atomic E-state index is -0.824. The fraction of sp³-hybridized carbons (Fsp3) is 0.350. The van der Waals surface area contributed by atoms with Crippen LogP contribution >= 0.6 is 24.8 Å². The highest BCUT2D eigenvalue weighted by Gasteiger charge is 2.20. The summed E-state index contributed by atoms with van der Waals surface area (Å²) in [5.41, 5.74) is 2.78. The number of hydroxylamine groups is 1. The monoisotopic (exact) mass is 475 g/mol. The molecule has 2 aromatic rings. The average molecular weight is 476 g/mol. The molecule has 0 aliphatic carbocycles. The Labute approximate surface area is 191 Å². The quantitative estimate of drug-likeness (QED) is 0.323. The van der Waals surface area contributed by atoms with Gasteiger partial charge in [0.2, 0.25) is 0 Å². The first-order valence-corrected chi connectivity index (χ1v) is 9.40. The predicted octanol–water partition coefficient (Wildman–Crippen LogP) is 3.24. The Balaban J connectivity index is 0.00000240. The summed E-state index contributed by atoms with van der Waals surface area (Å²) in [6.07, 6.45) is 8.42. The number of likely N-dealkylation sites (tertiary alicyclic amines) is 1. The Morgan fingerprint density at radius 3 is 2.71 bits per heavy atom. The lowest BCUT2D eigenvalue weighted by atomic mass is 10.0. The molecule has 1 aliphatic heterocycles.